The first kappa shape index (κ1) is 11.9. The lowest BCUT2D eigenvalue weighted by Crippen LogP contribution is -1.90. The van der Waals surface area contributed by atoms with Crippen molar-refractivity contribution in [1.82, 2.24) is 0 Å². The molecule has 1 heteroatoms. The van der Waals surface area contributed by atoms with Crippen molar-refractivity contribution in [3.8, 4) is 6.07 Å². The van der Waals surface area contributed by atoms with Crippen LogP contribution < -0.4 is 0 Å². The van der Waals surface area contributed by atoms with Crippen LogP contribution in [0.3, 0.4) is 0 Å². The highest BCUT2D eigenvalue weighted by Crippen LogP contribution is 2.36. The summed E-state index contributed by atoms with van der Waals surface area (Å²) in [6.45, 7) is 2.15. The van der Waals surface area contributed by atoms with Gasteiger partial charge in [0.2, 0.25) is 0 Å². The Morgan fingerprint density at radius 2 is 1.38 bits per heavy atom. The van der Waals surface area contributed by atoms with Gasteiger partial charge >= 0.3 is 0 Å². The summed E-state index contributed by atoms with van der Waals surface area (Å²) in [5.41, 5.74) is 2.02. The number of rotatable bonds is 0. The van der Waals surface area contributed by atoms with Crippen molar-refractivity contribution >= 4 is 32.3 Å². The molecule has 0 radical (unpaired) electrons. The molecular weight excluding hydrogens is 254 g/mol. The van der Waals surface area contributed by atoms with Gasteiger partial charge in [0.1, 0.15) is 6.07 Å². The Morgan fingerprint density at radius 1 is 0.714 bits per heavy atom. The maximum Gasteiger partial charge on any atom is 0.100 e. The van der Waals surface area contributed by atoms with Crippen molar-refractivity contribution in [3.63, 3.8) is 0 Å². The fourth-order valence-electron chi connectivity index (χ4n) is 3.31. The lowest BCUT2D eigenvalue weighted by atomic mass is 9.90. The molecule has 0 fully saturated rings. The van der Waals surface area contributed by atoms with Crippen LogP contribution in [0.15, 0.2) is 60.7 Å². The van der Waals surface area contributed by atoms with Gasteiger partial charge in [-0.2, -0.15) is 5.26 Å². The van der Waals surface area contributed by atoms with E-state index < -0.39 is 0 Å². The zero-order valence-electron chi connectivity index (χ0n) is 11.7. The fourth-order valence-corrected chi connectivity index (χ4v) is 3.31. The normalized spacial score (nSPS) is 11.0. The summed E-state index contributed by atoms with van der Waals surface area (Å²) < 4.78 is 0. The second-order valence-electron chi connectivity index (χ2n) is 5.37. The summed E-state index contributed by atoms with van der Waals surface area (Å²) >= 11 is 0. The minimum Gasteiger partial charge on any atom is -0.192 e. The van der Waals surface area contributed by atoms with E-state index in [2.05, 4.69) is 55.5 Å². The van der Waals surface area contributed by atoms with Crippen LogP contribution in [0.1, 0.15) is 11.1 Å². The Balaban J connectivity index is 2.41. The second-order valence-corrected chi connectivity index (χ2v) is 5.37. The Labute approximate surface area is 123 Å². The van der Waals surface area contributed by atoms with E-state index in [1.165, 1.54) is 21.7 Å². The quantitative estimate of drug-likeness (QED) is 0.312. The average molecular weight is 267 g/mol. The molecule has 4 aromatic rings. The lowest BCUT2D eigenvalue weighted by molar-refractivity contribution is 1.51. The Bertz CT molecular complexity index is 1050. The van der Waals surface area contributed by atoms with Gasteiger partial charge in [-0.25, -0.2) is 0 Å². The summed E-state index contributed by atoms with van der Waals surface area (Å²) in [7, 11) is 0. The van der Waals surface area contributed by atoms with Gasteiger partial charge in [-0.05, 0) is 34.0 Å². The molecule has 0 saturated carbocycles. The molecule has 0 unspecified atom stereocenters. The highest BCUT2D eigenvalue weighted by atomic mass is 14.3. The Hall–Kier alpha value is -2.85. The minimum absolute atomic E-state index is 0.775. The average Bonchev–Trinajstić information content (AvgIpc) is 2.55. The third kappa shape index (κ3) is 1.57. The molecule has 0 aromatic heterocycles. The van der Waals surface area contributed by atoms with E-state index in [0.717, 1.165) is 21.7 Å². The van der Waals surface area contributed by atoms with E-state index in [1.807, 2.05) is 18.2 Å². The molecule has 0 bridgehead atoms. The molecule has 0 aliphatic rings. The second kappa shape index (κ2) is 4.33. The molecule has 98 valence electrons. The zero-order valence-corrected chi connectivity index (χ0v) is 11.7. The molecule has 0 heterocycles. The van der Waals surface area contributed by atoms with Crippen LogP contribution in [0, 0.1) is 18.3 Å². The van der Waals surface area contributed by atoms with Crippen LogP contribution in [0.25, 0.3) is 32.3 Å². The van der Waals surface area contributed by atoms with Gasteiger partial charge in [0.15, 0.2) is 0 Å². The SMILES string of the molecule is Cc1c2ccccc2c(C#N)c2ccc3ccccc3c12. The summed E-state index contributed by atoms with van der Waals surface area (Å²) in [5, 5.41) is 16.5. The number of fused-ring (bicyclic) bond motifs is 4. The van der Waals surface area contributed by atoms with Gasteiger partial charge in [0.25, 0.3) is 0 Å². The van der Waals surface area contributed by atoms with E-state index in [1.54, 1.807) is 0 Å². The van der Waals surface area contributed by atoms with Crippen LogP contribution in [-0.4, -0.2) is 0 Å². The van der Waals surface area contributed by atoms with Crippen molar-refractivity contribution in [2.24, 2.45) is 0 Å². The first-order valence-electron chi connectivity index (χ1n) is 7.04. The largest absolute Gasteiger partial charge is 0.192 e. The first-order chi connectivity index (χ1) is 10.3. The Morgan fingerprint density at radius 3 is 2.14 bits per heavy atom. The predicted molar refractivity (Wildman–Crippen MR) is 88.4 cm³/mol. The molecule has 0 spiro atoms. The molecule has 0 N–H and O–H groups in total. The van der Waals surface area contributed by atoms with Crippen LogP contribution in [0.2, 0.25) is 0 Å². The first-order valence-corrected chi connectivity index (χ1v) is 7.04. The van der Waals surface area contributed by atoms with Crippen LogP contribution in [0.5, 0.6) is 0 Å². The van der Waals surface area contributed by atoms with Crippen molar-refractivity contribution in [2.45, 2.75) is 6.92 Å². The molecular formula is C20H13N. The number of hydrogen-bond donors (Lipinski definition) is 0. The summed E-state index contributed by atoms with van der Waals surface area (Å²) in [6.07, 6.45) is 0. The smallest absolute Gasteiger partial charge is 0.100 e. The van der Waals surface area contributed by atoms with Crippen molar-refractivity contribution < 1.29 is 0 Å². The molecule has 0 saturated heterocycles. The van der Waals surface area contributed by atoms with Gasteiger partial charge in [0, 0.05) is 10.8 Å². The maximum absolute atomic E-state index is 9.65. The zero-order chi connectivity index (χ0) is 14.4. The summed E-state index contributed by atoms with van der Waals surface area (Å²) in [5.74, 6) is 0. The van der Waals surface area contributed by atoms with Gasteiger partial charge in [-0.1, -0.05) is 60.7 Å². The fraction of sp³-hybridized carbons (Fsp3) is 0.0500. The molecule has 1 nitrogen and oxygen atoms in total. The van der Waals surface area contributed by atoms with E-state index in [0.29, 0.717) is 0 Å². The van der Waals surface area contributed by atoms with Crippen LogP contribution in [-0.2, 0) is 0 Å². The number of nitriles is 1. The highest BCUT2D eigenvalue weighted by molar-refractivity contribution is 6.17. The third-order valence-corrected chi connectivity index (χ3v) is 4.29. The van der Waals surface area contributed by atoms with Gasteiger partial charge in [0.05, 0.1) is 5.56 Å². The van der Waals surface area contributed by atoms with Crippen LogP contribution >= 0.6 is 0 Å². The predicted octanol–water partition coefficient (Wildman–Crippen LogP) is 5.33. The third-order valence-electron chi connectivity index (χ3n) is 4.29. The van der Waals surface area contributed by atoms with E-state index in [4.69, 9.17) is 0 Å². The molecule has 0 amide bonds. The Kier molecular flexibility index (Phi) is 2.46. The maximum atomic E-state index is 9.65. The minimum atomic E-state index is 0.775. The monoisotopic (exact) mass is 267 g/mol. The van der Waals surface area contributed by atoms with Crippen LogP contribution in [0.4, 0.5) is 0 Å². The summed E-state index contributed by atoms with van der Waals surface area (Å²) in [6, 6.07) is 23.1. The van der Waals surface area contributed by atoms with Gasteiger partial charge in [-0.3, -0.25) is 0 Å². The van der Waals surface area contributed by atoms with Crippen molar-refractivity contribution in [3.05, 3.63) is 71.8 Å². The van der Waals surface area contributed by atoms with Gasteiger partial charge < -0.3 is 0 Å². The molecule has 4 aromatic carbocycles. The van der Waals surface area contributed by atoms with E-state index in [-0.39, 0.29) is 0 Å². The van der Waals surface area contributed by atoms with Crippen molar-refractivity contribution in [1.29, 1.82) is 5.26 Å². The molecule has 0 atom stereocenters. The molecule has 0 aliphatic heterocycles. The van der Waals surface area contributed by atoms with E-state index >= 15 is 0 Å². The topological polar surface area (TPSA) is 23.8 Å². The van der Waals surface area contributed by atoms with E-state index in [9.17, 15) is 5.26 Å². The number of nitrogens with zero attached hydrogens (tertiary/aromatic N) is 1. The number of hydrogen-bond acceptors (Lipinski definition) is 1. The summed E-state index contributed by atoms with van der Waals surface area (Å²) in [4.78, 5) is 0. The number of benzene rings is 4. The molecule has 21 heavy (non-hydrogen) atoms. The van der Waals surface area contributed by atoms with Gasteiger partial charge in [-0.15, -0.1) is 0 Å². The standard InChI is InChI=1S/C20H13N/c1-13-15-7-4-5-9-17(15)19(12-21)18-11-10-14-6-2-3-8-16(14)20(13)18/h2-11H,1H3. The highest BCUT2D eigenvalue weighted by Gasteiger charge is 2.12. The molecule has 0 aliphatic carbocycles. The molecule has 4 rings (SSSR count). The lowest BCUT2D eigenvalue weighted by Gasteiger charge is -2.12. The number of aryl methyl sites for hydroxylation is 1. The van der Waals surface area contributed by atoms with Crippen molar-refractivity contribution in [2.75, 3.05) is 0 Å².